The smallest absolute Gasteiger partial charge is 0.312 e. The number of carbonyl (C=O) groups excluding carboxylic acids is 1. The molecule has 21 heavy (non-hydrogen) atoms. The van der Waals surface area contributed by atoms with Gasteiger partial charge in [-0.1, -0.05) is 30.3 Å². The van der Waals surface area contributed by atoms with Crippen molar-refractivity contribution < 1.29 is 19.1 Å². The van der Waals surface area contributed by atoms with Crippen molar-refractivity contribution in [1.82, 2.24) is 5.32 Å². The molecule has 1 unspecified atom stereocenters. The quantitative estimate of drug-likeness (QED) is 0.818. The van der Waals surface area contributed by atoms with Gasteiger partial charge in [-0.3, -0.25) is 9.59 Å². The number of carbonyl (C=O) groups is 2. The van der Waals surface area contributed by atoms with E-state index in [1.807, 2.05) is 6.07 Å². The molecule has 2 N–H and O–H groups in total. The van der Waals surface area contributed by atoms with Gasteiger partial charge in [-0.15, -0.1) is 0 Å². The second-order valence-corrected chi connectivity index (χ2v) is 4.68. The van der Waals surface area contributed by atoms with Gasteiger partial charge in [-0.05, 0) is 17.7 Å². The summed E-state index contributed by atoms with van der Waals surface area (Å²) in [6.45, 7) is 0.0797. The molecule has 0 fully saturated rings. The van der Waals surface area contributed by atoms with Crippen molar-refractivity contribution >= 4 is 11.9 Å². The highest BCUT2D eigenvalue weighted by Crippen LogP contribution is 2.14. The van der Waals surface area contributed by atoms with Crippen LogP contribution < -0.4 is 5.32 Å². The van der Waals surface area contributed by atoms with Gasteiger partial charge in [-0.2, -0.15) is 0 Å². The van der Waals surface area contributed by atoms with Gasteiger partial charge in [0.25, 0.3) is 0 Å². The van der Waals surface area contributed by atoms with Gasteiger partial charge in [0.2, 0.25) is 5.91 Å². The number of benzene rings is 1. The second-order valence-electron chi connectivity index (χ2n) is 4.68. The van der Waals surface area contributed by atoms with Gasteiger partial charge in [0, 0.05) is 19.4 Å². The monoisotopic (exact) mass is 287 g/mol. The molecule has 1 aromatic carbocycles. The van der Waals surface area contributed by atoms with Gasteiger partial charge in [0.15, 0.2) is 0 Å². The summed E-state index contributed by atoms with van der Waals surface area (Å²) in [6, 6.07) is 12.4. The number of hydrogen-bond donors (Lipinski definition) is 2. The van der Waals surface area contributed by atoms with Crippen LogP contribution in [0.5, 0.6) is 0 Å². The average molecular weight is 287 g/mol. The molecule has 0 radical (unpaired) electrons. The molecule has 1 atom stereocenters. The molecule has 0 aliphatic rings. The first-order valence-electron chi connectivity index (χ1n) is 6.73. The lowest BCUT2D eigenvalue weighted by molar-refractivity contribution is -0.138. The highest BCUT2D eigenvalue weighted by atomic mass is 16.4. The van der Waals surface area contributed by atoms with E-state index in [1.54, 1.807) is 42.7 Å². The van der Waals surface area contributed by atoms with Crippen LogP contribution in [-0.2, 0) is 16.0 Å². The third-order valence-electron chi connectivity index (χ3n) is 3.18. The Balaban J connectivity index is 1.84. The van der Waals surface area contributed by atoms with Crippen LogP contribution in [0.4, 0.5) is 0 Å². The van der Waals surface area contributed by atoms with Gasteiger partial charge < -0.3 is 14.8 Å². The molecule has 0 aliphatic heterocycles. The summed E-state index contributed by atoms with van der Waals surface area (Å²) in [5, 5.41) is 11.9. The summed E-state index contributed by atoms with van der Waals surface area (Å²) in [4.78, 5) is 23.0. The van der Waals surface area contributed by atoms with E-state index in [-0.39, 0.29) is 18.9 Å². The van der Waals surface area contributed by atoms with Gasteiger partial charge >= 0.3 is 5.97 Å². The molecule has 110 valence electrons. The van der Waals surface area contributed by atoms with E-state index in [2.05, 4.69) is 5.32 Å². The summed E-state index contributed by atoms with van der Waals surface area (Å²) < 4.78 is 5.14. The summed E-state index contributed by atoms with van der Waals surface area (Å²) in [6.07, 6.45) is 2.33. The zero-order chi connectivity index (χ0) is 15.1. The Bertz CT molecular complexity index is 578. The van der Waals surface area contributed by atoms with Crippen LogP contribution in [0, 0.1) is 0 Å². The zero-order valence-corrected chi connectivity index (χ0v) is 11.5. The third-order valence-corrected chi connectivity index (χ3v) is 3.18. The van der Waals surface area contributed by atoms with E-state index in [9.17, 15) is 14.7 Å². The fourth-order valence-corrected chi connectivity index (χ4v) is 2.03. The number of rotatable bonds is 7. The van der Waals surface area contributed by atoms with Crippen molar-refractivity contribution in [3.63, 3.8) is 0 Å². The standard InChI is InChI=1S/C16H17NO4/c18-15(9-8-13-7-4-10-21-13)17-11-14(16(19)20)12-5-2-1-3-6-12/h1-7,10,14H,8-9,11H2,(H,17,18)(H,19,20). The Kier molecular flexibility index (Phi) is 5.15. The van der Waals surface area contributed by atoms with Crippen molar-refractivity contribution in [2.24, 2.45) is 0 Å². The minimum Gasteiger partial charge on any atom is -0.481 e. The summed E-state index contributed by atoms with van der Waals surface area (Å²) in [5.74, 6) is -1.14. The summed E-state index contributed by atoms with van der Waals surface area (Å²) in [5.41, 5.74) is 0.677. The van der Waals surface area contributed by atoms with E-state index in [0.717, 1.165) is 5.76 Å². The molecule has 0 bridgehead atoms. The molecule has 5 heteroatoms. The maximum atomic E-state index is 11.8. The first-order chi connectivity index (χ1) is 10.2. The lowest BCUT2D eigenvalue weighted by atomic mass is 9.99. The zero-order valence-electron chi connectivity index (χ0n) is 11.5. The lowest BCUT2D eigenvalue weighted by Crippen LogP contribution is -2.31. The maximum absolute atomic E-state index is 11.8. The number of aliphatic carboxylic acids is 1. The van der Waals surface area contributed by atoms with Crippen LogP contribution in [0.2, 0.25) is 0 Å². The predicted octanol–water partition coefficient (Wildman–Crippen LogP) is 2.20. The normalized spacial score (nSPS) is 11.8. The molecular formula is C16H17NO4. The minimum atomic E-state index is -0.951. The molecule has 2 rings (SSSR count). The molecule has 0 saturated heterocycles. The van der Waals surface area contributed by atoms with Crippen LogP contribution in [0.25, 0.3) is 0 Å². The first kappa shape index (κ1) is 14.8. The highest BCUT2D eigenvalue weighted by molar-refractivity contribution is 5.79. The average Bonchev–Trinajstić information content (AvgIpc) is 2.99. The fourth-order valence-electron chi connectivity index (χ4n) is 2.03. The van der Waals surface area contributed by atoms with Crippen molar-refractivity contribution in [2.75, 3.05) is 6.54 Å². The fraction of sp³-hybridized carbons (Fsp3) is 0.250. The molecule has 1 aromatic heterocycles. The Morgan fingerprint density at radius 1 is 1.14 bits per heavy atom. The van der Waals surface area contributed by atoms with Crippen molar-refractivity contribution in [2.45, 2.75) is 18.8 Å². The summed E-state index contributed by atoms with van der Waals surface area (Å²) >= 11 is 0. The number of carboxylic acid groups (broad SMARTS) is 1. The van der Waals surface area contributed by atoms with Crippen LogP contribution >= 0.6 is 0 Å². The van der Waals surface area contributed by atoms with Crippen molar-refractivity contribution in [3.05, 3.63) is 60.1 Å². The van der Waals surface area contributed by atoms with E-state index in [4.69, 9.17) is 4.42 Å². The van der Waals surface area contributed by atoms with Gasteiger partial charge in [-0.25, -0.2) is 0 Å². The molecule has 0 spiro atoms. The predicted molar refractivity (Wildman–Crippen MR) is 76.9 cm³/mol. The number of amides is 1. The van der Waals surface area contributed by atoms with Gasteiger partial charge in [0.05, 0.1) is 12.2 Å². The van der Waals surface area contributed by atoms with E-state index in [0.29, 0.717) is 12.0 Å². The number of hydrogen-bond acceptors (Lipinski definition) is 3. The van der Waals surface area contributed by atoms with Crippen LogP contribution in [0.3, 0.4) is 0 Å². The SMILES string of the molecule is O=C(CCc1ccco1)NCC(C(=O)O)c1ccccc1. The highest BCUT2D eigenvalue weighted by Gasteiger charge is 2.20. The largest absolute Gasteiger partial charge is 0.481 e. The molecule has 0 aliphatic carbocycles. The molecule has 5 nitrogen and oxygen atoms in total. The molecule has 1 heterocycles. The van der Waals surface area contributed by atoms with Crippen molar-refractivity contribution in [1.29, 1.82) is 0 Å². The van der Waals surface area contributed by atoms with E-state index < -0.39 is 11.9 Å². The Morgan fingerprint density at radius 3 is 2.52 bits per heavy atom. The third kappa shape index (κ3) is 4.49. The molecule has 2 aromatic rings. The van der Waals surface area contributed by atoms with Crippen molar-refractivity contribution in [3.8, 4) is 0 Å². The number of carboxylic acids is 1. The van der Waals surface area contributed by atoms with Crippen LogP contribution in [0.15, 0.2) is 53.1 Å². The van der Waals surface area contributed by atoms with Gasteiger partial charge in [0.1, 0.15) is 5.76 Å². The Morgan fingerprint density at radius 2 is 1.90 bits per heavy atom. The number of furan rings is 1. The lowest BCUT2D eigenvalue weighted by Gasteiger charge is -2.13. The van der Waals surface area contributed by atoms with E-state index in [1.165, 1.54) is 0 Å². The molecular weight excluding hydrogens is 270 g/mol. The maximum Gasteiger partial charge on any atom is 0.312 e. The summed E-state index contributed by atoms with van der Waals surface area (Å²) in [7, 11) is 0. The minimum absolute atomic E-state index is 0.0797. The van der Waals surface area contributed by atoms with Crippen LogP contribution in [-0.4, -0.2) is 23.5 Å². The molecule has 0 saturated carbocycles. The Hall–Kier alpha value is -2.56. The second kappa shape index (κ2) is 7.28. The Labute approximate surface area is 122 Å². The number of aryl methyl sites for hydroxylation is 1. The number of nitrogens with one attached hydrogen (secondary N) is 1. The first-order valence-corrected chi connectivity index (χ1v) is 6.73. The topological polar surface area (TPSA) is 79.5 Å². The van der Waals surface area contributed by atoms with Crippen LogP contribution in [0.1, 0.15) is 23.7 Å². The van der Waals surface area contributed by atoms with E-state index >= 15 is 0 Å². The molecule has 1 amide bonds.